The lowest BCUT2D eigenvalue weighted by Crippen LogP contribution is -2.12. The first-order valence-electron chi connectivity index (χ1n) is 9.55. The number of hydrogen-bond acceptors (Lipinski definition) is 3. The second-order valence-electron chi connectivity index (χ2n) is 6.37. The zero-order valence-electron chi connectivity index (χ0n) is 15.6. The Kier molecular flexibility index (Phi) is 20.9. The molecule has 0 saturated carbocycles. The summed E-state index contributed by atoms with van der Waals surface area (Å²) in [5.74, 6) is -1.62. The van der Waals surface area contributed by atoms with Gasteiger partial charge < -0.3 is 15.3 Å². The van der Waals surface area contributed by atoms with Gasteiger partial charge in [0.25, 0.3) is 0 Å². The maximum Gasteiger partial charge on any atom is 0.305 e. The van der Waals surface area contributed by atoms with Crippen molar-refractivity contribution in [2.24, 2.45) is 0 Å². The molecule has 0 aromatic heterocycles. The van der Waals surface area contributed by atoms with Gasteiger partial charge in [0.1, 0.15) is 0 Å². The molecule has 0 aromatic carbocycles. The molecule has 144 valence electrons. The van der Waals surface area contributed by atoms with Crippen LogP contribution in [0.15, 0.2) is 0 Å². The van der Waals surface area contributed by atoms with Gasteiger partial charge >= 0.3 is 11.9 Å². The largest absolute Gasteiger partial charge is 0.481 e. The van der Waals surface area contributed by atoms with Crippen LogP contribution in [0.25, 0.3) is 0 Å². The lowest BCUT2D eigenvalue weighted by molar-refractivity contribution is -0.139. The molecule has 1 atom stereocenters. The topological polar surface area (TPSA) is 94.8 Å². The van der Waals surface area contributed by atoms with Crippen LogP contribution in [0.5, 0.6) is 0 Å². The molecule has 3 N–H and O–H groups in total. The van der Waals surface area contributed by atoms with E-state index in [1.807, 2.05) is 6.92 Å². The van der Waals surface area contributed by atoms with E-state index in [9.17, 15) is 14.7 Å². The first-order valence-corrected chi connectivity index (χ1v) is 9.55. The van der Waals surface area contributed by atoms with Crippen molar-refractivity contribution in [2.45, 2.75) is 110 Å². The van der Waals surface area contributed by atoms with E-state index < -0.39 is 18.0 Å². The molecule has 5 heteroatoms. The number of aliphatic carboxylic acids is 2. The Bertz CT molecular complexity index is 291. The summed E-state index contributed by atoms with van der Waals surface area (Å²) in [5.41, 5.74) is 0. The molecule has 0 fully saturated rings. The summed E-state index contributed by atoms with van der Waals surface area (Å²) >= 11 is 0. The summed E-state index contributed by atoms with van der Waals surface area (Å²) < 4.78 is 0. The Balaban J connectivity index is 0. The van der Waals surface area contributed by atoms with E-state index in [0.29, 0.717) is 12.8 Å². The molecule has 0 aliphatic rings. The van der Waals surface area contributed by atoms with Crippen molar-refractivity contribution >= 4 is 11.9 Å². The number of carboxylic acids is 2. The van der Waals surface area contributed by atoms with Gasteiger partial charge in [-0.15, -0.1) is 0 Å². The lowest BCUT2D eigenvalue weighted by atomic mass is 10.0. The van der Waals surface area contributed by atoms with Crippen LogP contribution in [0.3, 0.4) is 0 Å². The Morgan fingerprint density at radius 2 is 1.17 bits per heavy atom. The first-order chi connectivity index (χ1) is 11.4. The number of carboxylic acid groups (broad SMARTS) is 2. The predicted octanol–water partition coefficient (Wildman–Crippen LogP) is 5.00. The molecule has 0 aliphatic heterocycles. The summed E-state index contributed by atoms with van der Waals surface area (Å²) in [5, 5.41) is 25.8. The molecule has 0 aliphatic carbocycles. The third-order valence-corrected chi connectivity index (χ3v) is 3.77. The molecule has 0 amide bonds. The van der Waals surface area contributed by atoms with Crippen molar-refractivity contribution in [3.8, 4) is 0 Å². The predicted molar refractivity (Wildman–Crippen MR) is 97.3 cm³/mol. The van der Waals surface area contributed by atoms with E-state index >= 15 is 0 Å². The Morgan fingerprint density at radius 1 is 0.708 bits per heavy atom. The highest BCUT2D eigenvalue weighted by molar-refractivity contribution is 5.67. The second kappa shape index (κ2) is 19.9. The average molecular weight is 347 g/mol. The summed E-state index contributed by atoms with van der Waals surface area (Å²) in [7, 11) is 0. The van der Waals surface area contributed by atoms with E-state index in [4.69, 9.17) is 10.2 Å². The van der Waals surface area contributed by atoms with Gasteiger partial charge in [-0.1, -0.05) is 78.1 Å². The second-order valence-corrected chi connectivity index (χ2v) is 6.37. The van der Waals surface area contributed by atoms with Crippen LogP contribution in [0.2, 0.25) is 0 Å². The van der Waals surface area contributed by atoms with Crippen molar-refractivity contribution in [3.63, 3.8) is 0 Å². The van der Waals surface area contributed by atoms with Gasteiger partial charge in [0, 0.05) is 6.42 Å². The van der Waals surface area contributed by atoms with Crippen LogP contribution < -0.4 is 0 Å². The Labute approximate surface area is 147 Å². The highest BCUT2D eigenvalue weighted by atomic mass is 16.4. The Morgan fingerprint density at radius 3 is 1.50 bits per heavy atom. The van der Waals surface area contributed by atoms with E-state index in [-0.39, 0.29) is 6.42 Å². The number of rotatable bonds is 15. The molecule has 24 heavy (non-hydrogen) atoms. The highest BCUT2D eigenvalue weighted by Gasteiger charge is 2.08. The van der Waals surface area contributed by atoms with Crippen LogP contribution in [-0.2, 0) is 9.59 Å². The van der Waals surface area contributed by atoms with Gasteiger partial charge in [-0.05, 0) is 12.8 Å². The van der Waals surface area contributed by atoms with E-state index in [0.717, 1.165) is 19.3 Å². The highest BCUT2D eigenvalue weighted by Crippen LogP contribution is 2.12. The molecule has 0 heterocycles. The minimum absolute atomic E-state index is 0.114. The van der Waals surface area contributed by atoms with Crippen LogP contribution in [0.1, 0.15) is 104 Å². The monoisotopic (exact) mass is 346 g/mol. The molecule has 1 unspecified atom stereocenters. The van der Waals surface area contributed by atoms with Crippen LogP contribution >= 0.6 is 0 Å². The molecule has 0 rings (SSSR count). The molecule has 0 spiro atoms. The first kappa shape index (κ1) is 25.1. The van der Waals surface area contributed by atoms with E-state index in [1.54, 1.807) is 0 Å². The van der Waals surface area contributed by atoms with Crippen molar-refractivity contribution in [1.29, 1.82) is 0 Å². The normalized spacial score (nSPS) is 11.5. The Hall–Kier alpha value is -1.10. The fourth-order valence-corrected chi connectivity index (χ4v) is 2.38. The quantitative estimate of drug-likeness (QED) is 0.362. The molecule has 0 saturated heterocycles. The number of aliphatic hydroxyl groups is 1. The number of hydrogen-bond donors (Lipinski definition) is 3. The SMILES string of the molecule is CCCC(=O)O.CCCCCCCCCCCCC(O)CC(=O)O. The third-order valence-electron chi connectivity index (χ3n) is 3.77. The number of carbonyl (C=O) groups is 2. The van der Waals surface area contributed by atoms with Crippen molar-refractivity contribution in [3.05, 3.63) is 0 Å². The van der Waals surface area contributed by atoms with Gasteiger partial charge in [0.2, 0.25) is 0 Å². The molecule has 0 aromatic rings. The maximum absolute atomic E-state index is 10.3. The summed E-state index contributed by atoms with van der Waals surface area (Å²) in [6, 6.07) is 0. The van der Waals surface area contributed by atoms with Gasteiger partial charge in [0.05, 0.1) is 12.5 Å². The minimum Gasteiger partial charge on any atom is -0.481 e. The number of aliphatic hydroxyl groups excluding tert-OH is 1. The average Bonchev–Trinajstić information content (AvgIpc) is 2.49. The van der Waals surface area contributed by atoms with Crippen LogP contribution in [-0.4, -0.2) is 33.4 Å². The van der Waals surface area contributed by atoms with Crippen LogP contribution in [0, 0.1) is 0 Å². The molecule has 0 radical (unpaired) electrons. The maximum atomic E-state index is 10.3. The fourth-order valence-electron chi connectivity index (χ4n) is 2.38. The summed E-state index contributed by atoms with van der Waals surface area (Å²) in [6.07, 6.45) is 13.5. The van der Waals surface area contributed by atoms with Gasteiger partial charge in [0.15, 0.2) is 0 Å². The smallest absolute Gasteiger partial charge is 0.305 e. The van der Waals surface area contributed by atoms with Gasteiger partial charge in [-0.3, -0.25) is 9.59 Å². The van der Waals surface area contributed by atoms with Crippen molar-refractivity contribution < 1.29 is 24.9 Å². The molecular formula is C19H38O5. The van der Waals surface area contributed by atoms with Crippen molar-refractivity contribution in [2.75, 3.05) is 0 Å². The standard InChI is InChI=1S/C15H30O3.C4H8O2/c1-2-3-4-5-6-7-8-9-10-11-12-14(16)13-15(17)18;1-2-3-4(5)6/h14,16H,2-13H2,1H3,(H,17,18);2-3H2,1H3,(H,5,6). The molecule has 5 nitrogen and oxygen atoms in total. The van der Waals surface area contributed by atoms with Gasteiger partial charge in [-0.2, -0.15) is 0 Å². The number of unbranched alkanes of at least 4 members (excludes halogenated alkanes) is 9. The summed E-state index contributed by atoms with van der Waals surface area (Å²) in [4.78, 5) is 19.9. The van der Waals surface area contributed by atoms with E-state index in [1.165, 1.54) is 51.4 Å². The van der Waals surface area contributed by atoms with Crippen molar-refractivity contribution in [1.82, 2.24) is 0 Å². The zero-order chi connectivity index (χ0) is 18.6. The van der Waals surface area contributed by atoms with E-state index in [2.05, 4.69) is 6.92 Å². The van der Waals surface area contributed by atoms with Gasteiger partial charge in [-0.25, -0.2) is 0 Å². The zero-order valence-corrected chi connectivity index (χ0v) is 15.6. The fraction of sp³-hybridized carbons (Fsp3) is 0.895. The third kappa shape index (κ3) is 25.8. The molecule has 0 bridgehead atoms. The minimum atomic E-state index is -0.908. The summed E-state index contributed by atoms with van der Waals surface area (Å²) in [6.45, 7) is 4.08. The van der Waals surface area contributed by atoms with Crippen LogP contribution in [0.4, 0.5) is 0 Å². The molecular weight excluding hydrogens is 308 g/mol. The lowest BCUT2D eigenvalue weighted by Gasteiger charge is -2.07.